The van der Waals surface area contributed by atoms with Crippen molar-refractivity contribution >= 4 is 27.4 Å². The van der Waals surface area contributed by atoms with Gasteiger partial charge in [0.05, 0.1) is 24.2 Å². The van der Waals surface area contributed by atoms with Crippen molar-refractivity contribution in [3.05, 3.63) is 76.2 Å². The molecule has 3 aromatic rings. The van der Waals surface area contributed by atoms with Gasteiger partial charge in [0.25, 0.3) is 0 Å². The maximum absolute atomic E-state index is 13.9. The zero-order valence-corrected chi connectivity index (χ0v) is 23.8. The Morgan fingerprint density at radius 2 is 1.67 bits per heavy atom. The van der Waals surface area contributed by atoms with Crippen molar-refractivity contribution in [2.24, 2.45) is 5.41 Å². The Kier molecular flexibility index (Phi) is 8.19. The van der Waals surface area contributed by atoms with E-state index in [1.165, 1.54) is 17.4 Å². The van der Waals surface area contributed by atoms with E-state index < -0.39 is 38.6 Å². The van der Waals surface area contributed by atoms with E-state index in [-0.39, 0.29) is 56.6 Å². The molecule has 14 heteroatoms. The summed E-state index contributed by atoms with van der Waals surface area (Å²) >= 11 is 0. The molecule has 11 nitrogen and oxygen atoms in total. The van der Waals surface area contributed by atoms with Crippen molar-refractivity contribution in [2.45, 2.75) is 25.5 Å². The fraction of sp³-hybridized carbons (Fsp3) is 0.393. The van der Waals surface area contributed by atoms with Gasteiger partial charge in [0, 0.05) is 50.3 Å². The molecule has 0 spiro atoms. The number of hydrogen-bond donors (Lipinski definition) is 1. The van der Waals surface area contributed by atoms with Crippen LogP contribution in [-0.2, 0) is 25.3 Å². The molecule has 2 aliphatic rings. The number of nitrogens with two attached hydrogens (primary N) is 1. The number of rotatable bonds is 10. The first-order valence-corrected chi connectivity index (χ1v) is 15.0. The van der Waals surface area contributed by atoms with E-state index in [0.717, 1.165) is 29.7 Å². The maximum Gasteiger partial charge on any atom is 0.316 e. The van der Waals surface area contributed by atoms with E-state index >= 15 is 0 Å². The van der Waals surface area contributed by atoms with Gasteiger partial charge in [-0.1, -0.05) is 12.1 Å². The summed E-state index contributed by atoms with van der Waals surface area (Å²) in [5, 5.41) is 4.15. The molecule has 2 fully saturated rings. The van der Waals surface area contributed by atoms with Crippen molar-refractivity contribution in [2.75, 3.05) is 50.0 Å². The molecular weight excluding hydrogens is 572 g/mol. The van der Waals surface area contributed by atoms with Crippen LogP contribution in [0.4, 0.5) is 20.2 Å². The van der Waals surface area contributed by atoms with Gasteiger partial charge in [0.1, 0.15) is 23.9 Å². The minimum absolute atomic E-state index is 0.0694. The second-order valence-electron chi connectivity index (χ2n) is 10.7. The summed E-state index contributed by atoms with van der Waals surface area (Å²) in [6.45, 7) is 2.32. The lowest BCUT2D eigenvalue weighted by Gasteiger charge is -2.35. The van der Waals surface area contributed by atoms with E-state index in [2.05, 4.69) is 5.10 Å². The number of aromatic nitrogens is 2. The third kappa shape index (κ3) is 6.71. The Bertz CT molecular complexity index is 1620. The van der Waals surface area contributed by atoms with Gasteiger partial charge >= 0.3 is 11.5 Å². The molecule has 1 saturated carbocycles. The number of piperazine rings is 1. The van der Waals surface area contributed by atoms with E-state index in [1.54, 1.807) is 29.2 Å². The van der Waals surface area contributed by atoms with Crippen molar-refractivity contribution in [3.8, 4) is 11.4 Å². The largest absolute Gasteiger partial charge is 0.485 e. The van der Waals surface area contributed by atoms with E-state index in [1.807, 2.05) is 0 Å². The Labute approximate surface area is 241 Å². The summed E-state index contributed by atoms with van der Waals surface area (Å²) in [6.07, 6.45) is 2.83. The van der Waals surface area contributed by atoms with Gasteiger partial charge < -0.3 is 20.1 Å². The fourth-order valence-corrected chi connectivity index (χ4v) is 6.26. The highest BCUT2D eigenvalue weighted by molar-refractivity contribution is 7.88. The molecule has 2 aromatic carbocycles. The van der Waals surface area contributed by atoms with E-state index in [4.69, 9.17) is 15.2 Å². The van der Waals surface area contributed by atoms with Crippen molar-refractivity contribution in [3.63, 3.8) is 0 Å². The van der Waals surface area contributed by atoms with Gasteiger partial charge in [-0.15, -0.1) is 0 Å². The van der Waals surface area contributed by atoms with Gasteiger partial charge in [0.2, 0.25) is 15.8 Å². The lowest BCUT2D eigenvalue weighted by atomic mass is 10.1. The third-order valence-electron chi connectivity index (χ3n) is 7.37. The van der Waals surface area contributed by atoms with Crippen LogP contribution >= 0.6 is 0 Å². The van der Waals surface area contributed by atoms with Crippen LogP contribution in [0, 0.1) is 17.0 Å². The molecule has 42 heavy (non-hydrogen) atoms. The number of carbonyl (C=O) groups is 1. The topological polar surface area (TPSA) is 137 Å². The van der Waals surface area contributed by atoms with Gasteiger partial charge in [-0.05, 0) is 42.7 Å². The standard InChI is InChI=1S/C28H31F2N5O6S/c1-19(36)40-17-28(6-7-28)18-41-26-25(15-32-35(27(26)37)24-13-21(29)12-22(30)14-24)33-8-10-34(11-9-33)42(38,39)16-20-2-4-23(31)5-3-20/h2-5,12-15H,6-11,16-18,31H2,1H3. The number of hydrogen-bond acceptors (Lipinski definition) is 9. The zero-order valence-electron chi connectivity index (χ0n) is 23.0. The summed E-state index contributed by atoms with van der Waals surface area (Å²) in [5.74, 6) is -2.44. The normalized spacial score (nSPS) is 16.7. The summed E-state index contributed by atoms with van der Waals surface area (Å²) in [7, 11) is -3.62. The number of benzene rings is 2. The maximum atomic E-state index is 13.9. The van der Waals surface area contributed by atoms with Crippen LogP contribution in [0.15, 0.2) is 53.5 Å². The van der Waals surface area contributed by atoms with Gasteiger partial charge in [-0.3, -0.25) is 9.59 Å². The van der Waals surface area contributed by atoms with Crippen LogP contribution in [-0.4, -0.2) is 67.9 Å². The minimum Gasteiger partial charge on any atom is -0.485 e. The van der Waals surface area contributed by atoms with Crippen molar-refractivity contribution < 1.29 is 31.5 Å². The Morgan fingerprint density at radius 1 is 1.02 bits per heavy atom. The molecule has 224 valence electrons. The van der Waals surface area contributed by atoms with Crippen LogP contribution in [0.5, 0.6) is 5.75 Å². The van der Waals surface area contributed by atoms with E-state index in [9.17, 15) is 26.8 Å². The number of sulfonamides is 1. The molecule has 0 atom stereocenters. The fourth-order valence-electron chi connectivity index (χ4n) is 4.75. The molecular formula is C28H31F2N5O6S. The molecule has 1 saturated heterocycles. The number of esters is 1. The average molecular weight is 604 g/mol. The molecule has 1 aliphatic heterocycles. The van der Waals surface area contributed by atoms with Crippen LogP contribution < -0.4 is 20.9 Å². The van der Waals surface area contributed by atoms with Crippen LogP contribution in [0.25, 0.3) is 5.69 Å². The molecule has 0 amide bonds. The summed E-state index contributed by atoms with van der Waals surface area (Å²) < 4.78 is 67.5. The number of nitrogens with zero attached hydrogens (tertiary/aromatic N) is 4. The van der Waals surface area contributed by atoms with Gasteiger partial charge in [0.15, 0.2) is 0 Å². The summed E-state index contributed by atoms with van der Waals surface area (Å²) in [5.41, 5.74) is 5.89. The number of ether oxygens (including phenoxy) is 2. The summed E-state index contributed by atoms with van der Waals surface area (Å²) in [6, 6.07) is 9.29. The predicted octanol–water partition coefficient (Wildman–Crippen LogP) is 2.47. The van der Waals surface area contributed by atoms with Crippen molar-refractivity contribution in [1.82, 2.24) is 14.1 Å². The third-order valence-corrected chi connectivity index (χ3v) is 9.22. The molecule has 2 N–H and O–H groups in total. The molecule has 0 bridgehead atoms. The molecule has 0 unspecified atom stereocenters. The second kappa shape index (κ2) is 11.7. The average Bonchev–Trinajstić information content (AvgIpc) is 3.72. The van der Waals surface area contributed by atoms with Crippen LogP contribution in [0.3, 0.4) is 0 Å². The Morgan fingerprint density at radius 3 is 2.26 bits per heavy atom. The highest BCUT2D eigenvalue weighted by Gasteiger charge is 2.45. The molecule has 0 radical (unpaired) electrons. The number of halogens is 2. The lowest BCUT2D eigenvalue weighted by molar-refractivity contribution is -0.143. The molecule has 1 aliphatic carbocycles. The molecule has 1 aromatic heterocycles. The molecule has 5 rings (SSSR count). The first-order chi connectivity index (χ1) is 19.9. The number of anilines is 2. The Hall–Kier alpha value is -4.04. The summed E-state index contributed by atoms with van der Waals surface area (Å²) in [4.78, 5) is 26.7. The van der Waals surface area contributed by atoms with Crippen LogP contribution in [0.1, 0.15) is 25.3 Å². The number of carbonyl (C=O) groups excluding carboxylic acids is 1. The molecule has 2 heterocycles. The highest BCUT2D eigenvalue weighted by atomic mass is 32.2. The minimum atomic E-state index is -3.62. The Balaban J connectivity index is 1.38. The number of nitrogen functional groups attached to an aromatic ring is 1. The quantitative estimate of drug-likeness (QED) is 0.274. The lowest BCUT2D eigenvalue weighted by Crippen LogP contribution is -2.49. The second-order valence-corrected chi connectivity index (χ2v) is 12.6. The first kappa shape index (κ1) is 29.5. The van der Waals surface area contributed by atoms with Gasteiger partial charge in [-0.25, -0.2) is 17.2 Å². The highest BCUT2D eigenvalue weighted by Crippen LogP contribution is 2.46. The van der Waals surface area contributed by atoms with Gasteiger partial charge in [-0.2, -0.15) is 14.1 Å². The van der Waals surface area contributed by atoms with E-state index in [0.29, 0.717) is 23.0 Å². The SMILES string of the molecule is CC(=O)OCC1(COc2c(N3CCN(S(=O)(=O)Cc4ccc(N)cc4)CC3)cnn(-c3cc(F)cc(F)c3)c2=O)CC1. The smallest absolute Gasteiger partial charge is 0.316 e. The first-order valence-electron chi connectivity index (χ1n) is 13.4. The predicted molar refractivity (Wildman–Crippen MR) is 151 cm³/mol. The van der Waals surface area contributed by atoms with Crippen molar-refractivity contribution in [1.29, 1.82) is 0 Å². The van der Waals surface area contributed by atoms with Crippen LogP contribution in [0.2, 0.25) is 0 Å². The monoisotopic (exact) mass is 603 g/mol. The zero-order chi connectivity index (χ0) is 30.1.